The second kappa shape index (κ2) is 5.54. The molecule has 2 aromatic carbocycles. The van der Waals surface area contributed by atoms with Gasteiger partial charge in [-0.2, -0.15) is 0 Å². The van der Waals surface area contributed by atoms with E-state index in [4.69, 9.17) is 0 Å². The van der Waals surface area contributed by atoms with Gasteiger partial charge < -0.3 is 5.11 Å². The van der Waals surface area contributed by atoms with Crippen LogP contribution in [0.1, 0.15) is 42.4 Å². The molecule has 0 radical (unpaired) electrons. The molecule has 110 valence electrons. The highest BCUT2D eigenvalue weighted by Gasteiger charge is 2.37. The molecule has 2 aromatic rings. The lowest BCUT2D eigenvalue weighted by Crippen LogP contribution is -2.34. The Balaban J connectivity index is 2.02. The highest BCUT2D eigenvalue weighted by Crippen LogP contribution is 2.43. The molecule has 0 saturated heterocycles. The minimum absolute atomic E-state index is 0.269. The third-order valence-corrected chi connectivity index (χ3v) is 5.25. The lowest BCUT2D eigenvalue weighted by atomic mass is 9.72. The van der Waals surface area contributed by atoms with Gasteiger partial charge in [0, 0.05) is 10.9 Å². The van der Waals surface area contributed by atoms with E-state index in [9.17, 15) is 9.50 Å². The van der Waals surface area contributed by atoms with Gasteiger partial charge in [0.2, 0.25) is 0 Å². The van der Waals surface area contributed by atoms with Crippen molar-refractivity contribution in [3.63, 3.8) is 0 Å². The molecule has 2 atom stereocenters. The van der Waals surface area contributed by atoms with E-state index >= 15 is 0 Å². The van der Waals surface area contributed by atoms with Crippen molar-refractivity contribution >= 4 is 15.9 Å². The van der Waals surface area contributed by atoms with Gasteiger partial charge in [0.25, 0.3) is 0 Å². The van der Waals surface area contributed by atoms with E-state index in [2.05, 4.69) is 28.9 Å². The Morgan fingerprint density at radius 1 is 1.29 bits per heavy atom. The number of rotatable bonds is 2. The summed E-state index contributed by atoms with van der Waals surface area (Å²) in [5.41, 5.74) is 2.08. The maximum atomic E-state index is 13.5. The zero-order valence-electron chi connectivity index (χ0n) is 11.9. The number of aliphatic hydroxyl groups is 1. The van der Waals surface area contributed by atoms with E-state index < -0.39 is 5.60 Å². The number of hydrogen-bond acceptors (Lipinski definition) is 1. The van der Waals surface area contributed by atoms with Crippen LogP contribution in [0.2, 0.25) is 0 Å². The lowest BCUT2D eigenvalue weighted by Gasteiger charge is -2.37. The van der Waals surface area contributed by atoms with Crippen LogP contribution in [-0.4, -0.2) is 5.11 Å². The van der Waals surface area contributed by atoms with Crippen LogP contribution in [-0.2, 0) is 12.0 Å². The predicted molar refractivity (Wildman–Crippen MR) is 85.8 cm³/mol. The molecule has 1 N–H and O–H groups in total. The Bertz CT molecular complexity index is 670. The summed E-state index contributed by atoms with van der Waals surface area (Å²) in [7, 11) is 0. The van der Waals surface area contributed by atoms with Crippen molar-refractivity contribution in [2.45, 2.75) is 37.7 Å². The molecule has 0 heterocycles. The van der Waals surface area contributed by atoms with Crippen molar-refractivity contribution < 1.29 is 9.50 Å². The number of benzene rings is 2. The highest BCUT2D eigenvalue weighted by molar-refractivity contribution is 9.10. The van der Waals surface area contributed by atoms with E-state index in [1.807, 2.05) is 18.2 Å². The van der Waals surface area contributed by atoms with Crippen LogP contribution in [0.5, 0.6) is 0 Å². The number of hydrogen-bond donors (Lipinski definition) is 1. The van der Waals surface area contributed by atoms with Crippen LogP contribution in [0.3, 0.4) is 0 Å². The van der Waals surface area contributed by atoms with Crippen LogP contribution in [0.25, 0.3) is 0 Å². The first-order valence-electron chi connectivity index (χ1n) is 7.25. The summed E-state index contributed by atoms with van der Waals surface area (Å²) in [6.07, 6.45) is 2.07. The average molecular weight is 349 g/mol. The van der Waals surface area contributed by atoms with Gasteiger partial charge in [-0.3, -0.25) is 0 Å². The average Bonchev–Trinajstić information content (AvgIpc) is 2.48. The van der Waals surface area contributed by atoms with Gasteiger partial charge in [0.05, 0.1) is 5.60 Å². The SMILES string of the molecule is CC1CCC(O)(Cc2cc(F)ccc2Br)c2ccccc21. The summed E-state index contributed by atoms with van der Waals surface area (Å²) in [5.74, 6) is 0.187. The molecule has 0 aliphatic heterocycles. The van der Waals surface area contributed by atoms with Crippen molar-refractivity contribution in [3.05, 3.63) is 69.4 Å². The van der Waals surface area contributed by atoms with Crippen molar-refractivity contribution in [3.8, 4) is 0 Å². The van der Waals surface area contributed by atoms with Crippen LogP contribution < -0.4 is 0 Å². The van der Waals surface area contributed by atoms with Crippen LogP contribution in [0, 0.1) is 5.82 Å². The minimum atomic E-state index is -0.917. The molecule has 0 bridgehead atoms. The zero-order valence-corrected chi connectivity index (χ0v) is 13.5. The molecule has 3 rings (SSSR count). The molecule has 1 aliphatic rings. The summed E-state index contributed by atoms with van der Waals surface area (Å²) < 4.78 is 14.3. The smallest absolute Gasteiger partial charge is 0.123 e. The Kier molecular flexibility index (Phi) is 3.89. The summed E-state index contributed by atoms with van der Waals surface area (Å²) in [6, 6.07) is 12.7. The largest absolute Gasteiger partial charge is 0.385 e. The third-order valence-electron chi connectivity index (χ3n) is 4.47. The maximum Gasteiger partial charge on any atom is 0.123 e. The van der Waals surface area contributed by atoms with Gasteiger partial charge in [-0.25, -0.2) is 4.39 Å². The molecule has 1 aliphatic carbocycles. The van der Waals surface area contributed by atoms with Gasteiger partial charge in [-0.15, -0.1) is 0 Å². The minimum Gasteiger partial charge on any atom is -0.385 e. The topological polar surface area (TPSA) is 20.2 Å². The normalized spacial score (nSPS) is 24.7. The summed E-state index contributed by atoms with van der Waals surface area (Å²) in [4.78, 5) is 0. The maximum absolute atomic E-state index is 13.5. The predicted octanol–water partition coefficient (Wildman–Crippen LogP) is 4.92. The molecular weight excluding hydrogens is 331 g/mol. The van der Waals surface area contributed by atoms with Crippen LogP contribution >= 0.6 is 15.9 Å². The number of halogens is 2. The van der Waals surface area contributed by atoms with Crippen molar-refractivity contribution in [1.82, 2.24) is 0 Å². The standard InChI is InChI=1S/C18H18BrFO/c1-12-8-9-18(21,16-5-3-2-4-15(12)16)11-13-10-14(20)6-7-17(13)19/h2-7,10,12,21H,8-9,11H2,1H3. The van der Waals surface area contributed by atoms with E-state index in [1.165, 1.54) is 17.7 Å². The van der Waals surface area contributed by atoms with Gasteiger partial charge in [-0.1, -0.05) is 47.1 Å². The highest BCUT2D eigenvalue weighted by atomic mass is 79.9. The second-order valence-electron chi connectivity index (χ2n) is 5.97. The molecule has 0 fully saturated rings. The van der Waals surface area contributed by atoms with Crippen molar-refractivity contribution in [1.29, 1.82) is 0 Å². The lowest BCUT2D eigenvalue weighted by molar-refractivity contribution is 0.0157. The molecule has 0 amide bonds. The fraction of sp³-hybridized carbons (Fsp3) is 0.333. The first-order chi connectivity index (χ1) is 9.99. The fourth-order valence-electron chi connectivity index (χ4n) is 3.27. The molecule has 0 spiro atoms. The van der Waals surface area contributed by atoms with Crippen LogP contribution in [0.15, 0.2) is 46.9 Å². The van der Waals surface area contributed by atoms with Gasteiger partial charge in [0.15, 0.2) is 0 Å². The Labute approximate surface area is 132 Å². The van der Waals surface area contributed by atoms with Gasteiger partial charge >= 0.3 is 0 Å². The second-order valence-corrected chi connectivity index (χ2v) is 6.83. The quantitative estimate of drug-likeness (QED) is 0.816. The molecule has 21 heavy (non-hydrogen) atoms. The fourth-order valence-corrected chi connectivity index (χ4v) is 3.66. The Hall–Kier alpha value is -1.19. The molecule has 1 nitrogen and oxygen atoms in total. The van der Waals surface area contributed by atoms with Crippen molar-refractivity contribution in [2.75, 3.05) is 0 Å². The van der Waals surface area contributed by atoms with Gasteiger partial charge in [0.1, 0.15) is 5.82 Å². The monoisotopic (exact) mass is 348 g/mol. The molecule has 0 saturated carbocycles. The summed E-state index contributed by atoms with van der Waals surface area (Å²) >= 11 is 3.46. The van der Waals surface area contributed by atoms with E-state index in [1.54, 1.807) is 6.07 Å². The van der Waals surface area contributed by atoms with E-state index in [0.29, 0.717) is 18.8 Å². The molecular formula is C18H18BrFO. The molecule has 0 aromatic heterocycles. The van der Waals surface area contributed by atoms with E-state index in [-0.39, 0.29) is 5.82 Å². The van der Waals surface area contributed by atoms with Crippen molar-refractivity contribution in [2.24, 2.45) is 0 Å². The van der Waals surface area contributed by atoms with Gasteiger partial charge in [-0.05, 0) is 53.6 Å². The number of fused-ring (bicyclic) bond motifs is 1. The Morgan fingerprint density at radius 3 is 2.86 bits per heavy atom. The van der Waals surface area contributed by atoms with Crippen LogP contribution in [0.4, 0.5) is 4.39 Å². The first kappa shape index (κ1) is 14.7. The summed E-state index contributed by atoms with van der Waals surface area (Å²) in [5, 5.41) is 11.2. The Morgan fingerprint density at radius 2 is 2.05 bits per heavy atom. The van der Waals surface area contributed by atoms with E-state index in [0.717, 1.165) is 22.0 Å². The molecule has 3 heteroatoms. The third kappa shape index (κ3) is 2.77. The zero-order chi connectivity index (χ0) is 15.0. The first-order valence-corrected chi connectivity index (χ1v) is 8.04. The summed E-state index contributed by atoms with van der Waals surface area (Å²) in [6.45, 7) is 2.19. The molecule has 2 unspecified atom stereocenters.